The number of amides is 1. The number of non-ortho nitro benzene ring substituents is 1. The summed E-state index contributed by atoms with van der Waals surface area (Å²) in [5.74, 6) is 0.0998. The predicted molar refractivity (Wildman–Crippen MR) is 71.4 cm³/mol. The molecule has 0 spiro atoms. The van der Waals surface area contributed by atoms with E-state index >= 15 is 0 Å². The Balaban J connectivity index is 1.99. The molecule has 0 heterocycles. The molecule has 0 bridgehead atoms. The summed E-state index contributed by atoms with van der Waals surface area (Å²) in [5.41, 5.74) is -0.280. The highest BCUT2D eigenvalue weighted by Crippen LogP contribution is 2.45. The van der Waals surface area contributed by atoms with E-state index < -0.39 is 10.3 Å². The molecule has 6 heteroatoms. The molecule has 0 saturated heterocycles. The molecule has 0 radical (unpaired) electrons. The zero-order chi connectivity index (χ0) is 14.8. The van der Waals surface area contributed by atoms with Gasteiger partial charge in [-0.05, 0) is 24.3 Å². The van der Waals surface area contributed by atoms with Gasteiger partial charge in [-0.25, -0.2) is 0 Å². The third-order valence-corrected chi connectivity index (χ3v) is 3.62. The van der Waals surface area contributed by atoms with E-state index in [1.54, 1.807) is 12.1 Å². The van der Waals surface area contributed by atoms with Crippen LogP contribution < -0.4 is 5.32 Å². The number of rotatable bonds is 4. The highest BCUT2D eigenvalue weighted by molar-refractivity contribution is 5.86. The van der Waals surface area contributed by atoms with Gasteiger partial charge in [0.1, 0.15) is 5.41 Å². The van der Waals surface area contributed by atoms with Crippen molar-refractivity contribution in [3.63, 3.8) is 0 Å². The summed E-state index contributed by atoms with van der Waals surface area (Å²) in [5, 5.41) is 22.5. The molecule has 0 atom stereocenters. The lowest BCUT2D eigenvalue weighted by Gasteiger charge is -2.39. The number of nitrogens with one attached hydrogen (secondary N) is 1. The molecule has 2 rings (SSSR count). The highest BCUT2D eigenvalue weighted by Gasteiger charge is 2.48. The van der Waals surface area contributed by atoms with Crippen molar-refractivity contribution in [2.75, 3.05) is 0 Å². The molecule has 20 heavy (non-hydrogen) atoms. The fourth-order valence-electron chi connectivity index (χ4n) is 2.59. The van der Waals surface area contributed by atoms with E-state index in [2.05, 4.69) is 11.4 Å². The first-order valence-electron chi connectivity index (χ1n) is 6.40. The smallest absolute Gasteiger partial charge is 0.269 e. The van der Waals surface area contributed by atoms with Crippen LogP contribution in [-0.4, -0.2) is 10.8 Å². The summed E-state index contributed by atoms with van der Waals surface area (Å²) in [6.07, 6.45) is 1.15. The number of benzene rings is 1. The number of carbonyl (C=O) groups is 1. The largest absolute Gasteiger partial charge is 0.351 e. The van der Waals surface area contributed by atoms with Crippen LogP contribution in [-0.2, 0) is 11.3 Å². The third kappa shape index (κ3) is 2.62. The molecule has 1 aliphatic rings. The lowest BCUT2D eigenvalue weighted by Crippen LogP contribution is -2.47. The number of hydrogen-bond donors (Lipinski definition) is 1. The Hall–Kier alpha value is -2.42. The van der Waals surface area contributed by atoms with Gasteiger partial charge in [-0.3, -0.25) is 14.9 Å². The van der Waals surface area contributed by atoms with Gasteiger partial charge in [0.25, 0.3) is 5.69 Å². The van der Waals surface area contributed by atoms with Gasteiger partial charge in [-0.1, -0.05) is 19.1 Å². The monoisotopic (exact) mass is 273 g/mol. The van der Waals surface area contributed by atoms with Crippen molar-refractivity contribution in [3.05, 3.63) is 39.9 Å². The van der Waals surface area contributed by atoms with E-state index in [0.29, 0.717) is 24.3 Å². The van der Waals surface area contributed by atoms with Crippen molar-refractivity contribution < 1.29 is 9.72 Å². The SMILES string of the molecule is CC1CC(C#N)(C(=O)NCc2cccc([N+](=O)[O-])c2)C1. The maximum absolute atomic E-state index is 12.0. The number of nitro benzene ring substituents is 1. The first kappa shape index (κ1) is 14.0. The van der Waals surface area contributed by atoms with Crippen molar-refractivity contribution in [1.82, 2.24) is 5.32 Å². The molecule has 1 N–H and O–H groups in total. The van der Waals surface area contributed by atoms with E-state index in [1.807, 2.05) is 6.92 Å². The zero-order valence-electron chi connectivity index (χ0n) is 11.1. The summed E-state index contributed by atoms with van der Waals surface area (Å²) < 4.78 is 0. The summed E-state index contributed by atoms with van der Waals surface area (Å²) in [6, 6.07) is 8.19. The van der Waals surface area contributed by atoms with E-state index in [-0.39, 0.29) is 18.1 Å². The molecule has 1 aromatic carbocycles. The normalized spacial score (nSPS) is 24.3. The molecule has 0 unspecified atom stereocenters. The van der Waals surface area contributed by atoms with Gasteiger partial charge in [0.05, 0.1) is 11.0 Å². The molecule has 0 aromatic heterocycles. The Morgan fingerprint density at radius 1 is 1.60 bits per heavy atom. The second-order valence-corrected chi connectivity index (χ2v) is 5.32. The van der Waals surface area contributed by atoms with Crippen molar-refractivity contribution in [2.45, 2.75) is 26.3 Å². The maximum Gasteiger partial charge on any atom is 0.269 e. The van der Waals surface area contributed by atoms with Crippen LogP contribution in [0.5, 0.6) is 0 Å². The molecule has 1 aromatic rings. The van der Waals surface area contributed by atoms with Gasteiger partial charge in [-0.15, -0.1) is 0 Å². The van der Waals surface area contributed by atoms with Crippen molar-refractivity contribution in [2.24, 2.45) is 11.3 Å². The average Bonchev–Trinajstić information content (AvgIpc) is 2.41. The Morgan fingerprint density at radius 3 is 2.85 bits per heavy atom. The molecule has 0 aliphatic heterocycles. The number of hydrogen-bond acceptors (Lipinski definition) is 4. The Kier molecular flexibility index (Phi) is 3.70. The maximum atomic E-state index is 12.0. The van der Waals surface area contributed by atoms with Gasteiger partial charge in [0, 0.05) is 18.7 Å². The molecule has 1 amide bonds. The third-order valence-electron chi connectivity index (χ3n) is 3.62. The van der Waals surface area contributed by atoms with E-state index in [1.165, 1.54) is 12.1 Å². The zero-order valence-corrected chi connectivity index (χ0v) is 11.1. The van der Waals surface area contributed by atoms with Crippen LogP contribution in [0.25, 0.3) is 0 Å². The summed E-state index contributed by atoms with van der Waals surface area (Å²) in [4.78, 5) is 22.2. The predicted octanol–water partition coefficient (Wildman–Crippen LogP) is 2.15. The van der Waals surface area contributed by atoms with Gasteiger partial charge in [-0.2, -0.15) is 5.26 Å². The molecule has 6 nitrogen and oxygen atoms in total. The van der Waals surface area contributed by atoms with Crippen molar-refractivity contribution in [1.29, 1.82) is 5.26 Å². The molecule has 1 aliphatic carbocycles. The van der Waals surface area contributed by atoms with Crippen molar-refractivity contribution in [3.8, 4) is 6.07 Å². The van der Waals surface area contributed by atoms with Crippen LogP contribution in [0.15, 0.2) is 24.3 Å². The summed E-state index contributed by atoms with van der Waals surface area (Å²) in [6.45, 7) is 2.20. The first-order valence-corrected chi connectivity index (χ1v) is 6.40. The van der Waals surface area contributed by atoms with Gasteiger partial charge in [0.15, 0.2) is 0 Å². The second-order valence-electron chi connectivity index (χ2n) is 5.32. The standard InChI is InChI=1S/C14H15N3O3/c1-10-6-14(7-10,9-15)13(18)16-8-11-3-2-4-12(5-11)17(19)20/h2-5,10H,6-8H2,1H3,(H,16,18). The van der Waals surface area contributed by atoms with Crippen LogP contribution in [0.3, 0.4) is 0 Å². The minimum absolute atomic E-state index is 0.0102. The molecule has 1 fully saturated rings. The lowest BCUT2D eigenvalue weighted by atomic mass is 9.63. The quantitative estimate of drug-likeness (QED) is 0.671. The van der Waals surface area contributed by atoms with E-state index in [4.69, 9.17) is 5.26 Å². The van der Waals surface area contributed by atoms with Gasteiger partial charge in [0.2, 0.25) is 5.91 Å². The fourth-order valence-corrected chi connectivity index (χ4v) is 2.59. The Bertz CT molecular complexity index is 586. The van der Waals surface area contributed by atoms with Gasteiger partial charge < -0.3 is 5.32 Å². The first-order chi connectivity index (χ1) is 9.47. The number of nitrogens with zero attached hydrogens (tertiary/aromatic N) is 2. The summed E-state index contributed by atoms with van der Waals surface area (Å²) in [7, 11) is 0. The lowest BCUT2D eigenvalue weighted by molar-refractivity contribution is -0.384. The summed E-state index contributed by atoms with van der Waals surface area (Å²) >= 11 is 0. The topological polar surface area (TPSA) is 96.0 Å². The molecular formula is C14H15N3O3. The fraction of sp³-hybridized carbons (Fsp3) is 0.429. The molecule has 1 saturated carbocycles. The molecular weight excluding hydrogens is 258 g/mol. The van der Waals surface area contributed by atoms with Crippen LogP contribution >= 0.6 is 0 Å². The van der Waals surface area contributed by atoms with Crippen LogP contribution in [0.1, 0.15) is 25.3 Å². The number of carbonyl (C=O) groups excluding carboxylic acids is 1. The number of nitriles is 1. The van der Waals surface area contributed by atoms with Crippen LogP contribution in [0.2, 0.25) is 0 Å². The average molecular weight is 273 g/mol. The Labute approximate surface area is 116 Å². The van der Waals surface area contributed by atoms with E-state index in [9.17, 15) is 14.9 Å². The van der Waals surface area contributed by atoms with Crippen molar-refractivity contribution >= 4 is 11.6 Å². The Morgan fingerprint density at radius 2 is 2.30 bits per heavy atom. The van der Waals surface area contributed by atoms with Crippen LogP contribution in [0.4, 0.5) is 5.69 Å². The highest BCUT2D eigenvalue weighted by atomic mass is 16.6. The minimum atomic E-state index is -0.917. The van der Waals surface area contributed by atoms with Gasteiger partial charge >= 0.3 is 0 Å². The molecule has 104 valence electrons. The minimum Gasteiger partial charge on any atom is -0.351 e. The van der Waals surface area contributed by atoms with E-state index in [0.717, 1.165) is 0 Å². The second kappa shape index (κ2) is 5.29. The number of nitro groups is 1. The van der Waals surface area contributed by atoms with Crippen LogP contribution in [0, 0.1) is 32.8 Å².